The van der Waals surface area contributed by atoms with Gasteiger partial charge in [-0.2, -0.15) is 5.10 Å². The third-order valence-electron chi connectivity index (χ3n) is 4.07. The summed E-state index contributed by atoms with van der Waals surface area (Å²) in [5.74, 6) is 0.429. The van der Waals surface area contributed by atoms with E-state index < -0.39 is 0 Å². The van der Waals surface area contributed by atoms with Gasteiger partial charge in [-0.1, -0.05) is 0 Å². The fourth-order valence-electron chi connectivity index (χ4n) is 2.58. The molecule has 0 spiro atoms. The zero-order valence-corrected chi connectivity index (χ0v) is 15.8. The molecule has 0 aliphatic heterocycles. The van der Waals surface area contributed by atoms with Crippen LogP contribution in [0.5, 0.6) is 5.75 Å². The van der Waals surface area contributed by atoms with Crippen molar-refractivity contribution in [3.8, 4) is 11.4 Å². The molecule has 1 N–H and O–H groups in total. The monoisotopic (exact) mass is 380 g/mol. The van der Waals surface area contributed by atoms with E-state index in [1.165, 1.54) is 11.0 Å². The maximum absolute atomic E-state index is 12.3. The second kappa shape index (κ2) is 8.87. The average molecular weight is 380 g/mol. The number of hydrogen-bond donors (Lipinski definition) is 1. The van der Waals surface area contributed by atoms with Crippen LogP contribution in [-0.4, -0.2) is 46.0 Å². The zero-order valence-electron chi connectivity index (χ0n) is 15.8. The first-order valence-corrected chi connectivity index (χ1v) is 8.46. The quantitative estimate of drug-likeness (QED) is 0.496. The summed E-state index contributed by atoms with van der Waals surface area (Å²) in [6.07, 6.45) is 1.48. The van der Waals surface area contributed by atoms with E-state index in [-0.39, 0.29) is 5.91 Å². The fraction of sp³-hybridized carbons (Fsp3) is 0.211. The van der Waals surface area contributed by atoms with E-state index in [0.717, 1.165) is 22.6 Å². The van der Waals surface area contributed by atoms with Gasteiger partial charge in [0.2, 0.25) is 0 Å². The molecule has 0 atom stereocenters. The van der Waals surface area contributed by atoms with Crippen LogP contribution >= 0.6 is 0 Å². The zero-order chi connectivity index (χ0) is 19.9. The van der Waals surface area contributed by atoms with E-state index in [1.807, 2.05) is 25.1 Å². The number of benzene rings is 2. The van der Waals surface area contributed by atoms with Crippen LogP contribution in [0.25, 0.3) is 5.69 Å². The largest absolute Gasteiger partial charge is 0.496 e. The molecule has 0 aliphatic rings. The van der Waals surface area contributed by atoms with Crippen molar-refractivity contribution in [2.24, 2.45) is 5.10 Å². The Labute approximate surface area is 162 Å². The van der Waals surface area contributed by atoms with Crippen molar-refractivity contribution in [1.29, 1.82) is 0 Å². The Hall–Kier alpha value is -3.59. The van der Waals surface area contributed by atoms with Gasteiger partial charge in [-0.05, 0) is 65.4 Å². The summed E-state index contributed by atoms with van der Waals surface area (Å²) < 4.78 is 12.0. The lowest BCUT2D eigenvalue weighted by atomic mass is 10.1. The molecule has 2 aromatic carbocycles. The highest BCUT2D eigenvalue weighted by Gasteiger charge is 2.08. The molecule has 9 heteroatoms. The van der Waals surface area contributed by atoms with Crippen molar-refractivity contribution in [2.75, 3.05) is 14.2 Å². The van der Waals surface area contributed by atoms with E-state index in [2.05, 4.69) is 26.1 Å². The maximum atomic E-state index is 12.3. The summed E-state index contributed by atoms with van der Waals surface area (Å²) >= 11 is 0. The Morgan fingerprint density at radius 1 is 1.14 bits per heavy atom. The van der Waals surface area contributed by atoms with E-state index in [0.29, 0.717) is 17.9 Å². The van der Waals surface area contributed by atoms with Gasteiger partial charge in [-0.15, -0.1) is 5.10 Å². The molecule has 1 amide bonds. The standard InChI is InChI=1S/C19H20N6O3/c1-13(15-6-9-18(28-3)16(10-15)11-27-2)21-22-19(26)14-4-7-17(8-5-14)25-12-20-23-24-25/h4-10,12H,11H2,1-3H3,(H,22,26)/b21-13-. The van der Waals surface area contributed by atoms with E-state index >= 15 is 0 Å². The van der Waals surface area contributed by atoms with Crippen molar-refractivity contribution in [3.63, 3.8) is 0 Å². The number of ether oxygens (including phenoxy) is 2. The van der Waals surface area contributed by atoms with Gasteiger partial charge in [0.1, 0.15) is 12.1 Å². The van der Waals surface area contributed by atoms with Crippen LogP contribution in [0, 0.1) is 0 Å². The second-order valence-corrected chi connectivity index (χ2v) is 5.90. The molecule has 1 aromatic heterocycles. The molecule has 3 rings (SSSR count). The molecule has 0 fully saturated rings. The van der Waals surface area contributed by atoms with Crippen molar-refractivity contribution < 1.29 is 14.3 Å². The highest BCUT2D eigenvalue weighted by atomic mass is 16.5. The van der Waals surface area contributed by atoms with Crippen molar-refractivity contribution in [2.45, 2.75) is 13.5 Å². The molecule has 9 nitrogen and oxygen atoms in total. The number of hydrogen-bond acceptors (Lipinski definition) is 7. The minimum absolute atomic E-state index is 0.312. The molecule has 0 radical (unpaired) electrons. The van der Waals surface area contributed by atoms with Gasteiger partial charge in [0.15, 0.2) is 0 Å². The Morgan fingerprint density at radius 3 is 2.54 bits per heavy atom. The number of methoxy groups -OCH3 is 2. The van der Waals surface area contributed by atoms with Crippen LogP contribution in [0.3, 0.4) is 0 Å². The van der Waals surface area contributed by atoms with Crippen LogP contribution in [0.1, 0.15) is 28.4 Å². The summed E-state index contributed by atoms with van der Waals surface area (Å²) in [7, 11) is 3.23. The van der Waals surface area contributed by atoms with Gasteiger partial charge < -0.3 is 9.47 Å². The van der Waals surface area contributed by atoms with Gasteiger partial charge in [0.05, 0.1) is 25.1 Å². The van der Waals surface area contributed by atoms with Gasteiger partial charge >= 0.3 is 0 Å². The number of rotatable bonds is 7. The number of aromatic nitrogens is 4. The Kier molecular flexibility index (Phi) is 6.07. The Morgan fingerprint density at radius 2 is 1.89 bits per heavy atom. The van der Waals surface area contributed by atoms with Crippen LogP contribution in [0.2, 0.25) is 0 Å². The van der Waals surface area contributed by atoms with Crippen molar-refractivity contribution in [1.82, 2.24) is 25.6 Å². The Balaban J connectivity index is 1.70. The molecule has 0 bridgehead atoms. The summed E-state index contributed by atoms with van der Waals surface area (Å²) in [5.41, 5.74) is 6.23. The lowest BCUT2D eigenvalue weighted by molar-refractivity contribution is 0.0955. The molecule has 0 aliphatic carbocycles. The highest BCUT2D eigenvalue weighted by Crippen LogP contribution is 2.21. The summed E-state index contributed by atoms with van der Waals surface area (Å²) in [6, 6.07) is 12.5. The molecular weight excluding hydrogens is 360 g/mol. The number of carbonyl (C=O) groups is 1. The number of hydrazone groups is 1. The van der Waals surface area contributed by atoms with Crippen LogP contribution in [0.4, 0.5) is 0 Å². The first-order chi connectivity index (χ1) is 13.6. The predicted octanol–water partition coefficient (Wildman–Crippen LogP) is 1.97. The number of tetrazole rings is 1. The minimum Gasteiger partial charge on any atom is -0.496 e. The highest BCUT2D eigenvalue weighted by molar-refractivity contribution is 6.01. The lowest BCUT2D eigenvalue weighted by Crippen LogP contribution is -2.19. The molecule has 0 unspecified atom stereocenters. The van der Waals surface area contributed by atoms with Crippen LogP contribution < -0.4 is 10.2 Å². The number of carbonyl (C=O) groups excluding carboxylic acids is 1. The smallest absolute Gasteiger partial charge is 0.271 e. The molecular formula is C19H20N6O3. The average Bonchev–Trinajstić information content (AvgIpc) is 3.27. The third-order valence-corrected chi connectivity index (χ3v) is 4.07. The van der Waals surface area contributed by atoms with Gasteiger partial charge in [0.25, 0.3) is 5.91 Å². The topological polar surface area (TPSA) is 104 Å². The number of nitrogens with zero attached hydrogens (tertiary/aromatic N) is 5. The first-order valence-electron chi connectivity index (χ1n) is 8.46. The first kappa shape index (κ1) is 19.2. The molecule has 1 heterocycles. The summed E-state index contributed by atoms with van der Waals surface area (Å²) in [6.45, 7) is 2.24. The molecule has 28 heavy (non-hydrogen) atoms. The van der Waals surface area contributed by atoms with Gasteiger partial charge in [-0.3, -0.25) is 4.79 Å². The maximum Gasteiger partial charge on any atom is 0.271 e. The minimum atomic E-state index is -0.312. The van der Waals surface area contributed by atoms with Gasteiger partial charge in [-0.25, -0.2) is 10.1 Å². The van der Waals surface area contributed by atoms with Crippen LogP contribution in [0.15, 0.2) is 53.9 Å². The van der Waals surface area contributed by atoms with E-state index in [9.17, 15) is 4.79 Å². The SMILES string of the molecule is COCc1cc(/C(C)=N\NC(=O)c2ccc(-n3cnnn3)cc2)ccc1OC. The van der Waals surface area contributed by atoms with E-state index in [1.54, 1.807) is 38.5 Å². The molecule has 144 valence electrons. The normalized spacial score (nSPS) is 11.3. The summed E-state index contributed by atoms with van der Waals surface area (Å²) in [4.78, 5) is 12.3. The molecule has 3 aromatic rings. The molecule has 0 saturated heterocycles. The second-order valence-electron chi connectivity index (χ2n) is 5.90. The predicted molar refractivity (Wildman–Crippen MR) is 103 cm³/mol. The van der Waals surface area contributed by atoms with E-state index in [4.69, 9.17) is 9.47 Å². The van der Waals surface area contributed by atoms with Crippen molar-refractivity contribution >= 4 is 11.6 Å². The Bertz CT molecular complexity index is 968. The van der Waals surface area contributed by atoms with Crippen molar-refractivity contribution in [3.05, 3.63) is 65.5 Å². The number of amides is 1. The van der Waals surface area contributed by atoms with Gasteiger partial charge in [0, 0.05) is 18.2 Å². The fourth-order valence-corrected chi connectivity index (χ4v) is 2.58. The number of nitrogens with one attached hydrogen (secondary N) is 1. The van der Waals surface area contributed by atoms with Crippen LogP contribution in [-0.2, 0) is 11.3 Å². The molecule has 0 saturated carbocycles. The third kappa shape index (κ3) is 4.38. The lowest BCUT2D eigenvalue weighted by Gasteiger charge is -2.10. The summed E-state index contributed by atoms with van der Waals surface area (Å²) in [5, 5.41) is 15.2.